The fourth-order valence-electron chi connectivity index (χ4n) is 1.68. The summed E-state index contributed by atoms with van der Waals surface area (Å²) < 4.78 is 1.08. The maximum absolute atomic E-state index is 4.08. The third-order valence-electron chi connectivity index (χ3n) is 2.58. The van der Waals surface area contributed by atoms with Crippen LogP contribution in [0.4, 0.5) is 5.69 Å². The molecule has 0 aromatic carbocycles. The lowest BCUT2D eigenvalue weighted by atomic mass is 10.2. The number of anilines is 1. The van der Waals surface area contributed by atoms with E-state index < -0.39 is 0 Å². The van der Waals surface area contributed by atoms with Crippen LogP contribution in [0.5, 0.6) is 0 Å². The molecule has 0 N–H and O–H groups in total. The van der Waals surface area contributed by atoms with Crippen LogP contribution < -0.4 is 4.90 Å². The summed E-state index contributed by atoms with van der Waals surface area (Å²) in [6.45, 7) is 0. The number of nitrogens with zero attached hydrogens (tertiary/aromatic N) is 2. The van der Waals surface area contributed by atoms with Crippen molar-refractivity contribution < 1.29 is 0 Å². The van der Waals surface area contributed by atoms with Crippen LogP contribution in [0.3, 0.4) is 0 Å². The van der Waals surface area contributed by atoms with Gasteiger partial charge < -0.3 is 4.90 Å². The van der Waals surface area contributed by atoms with Crippen molar-refractivity contribution in [2.24, 2.45) is 0 Å². The highest BCUT2D eigenvalue weighted by Crippen LogP contribution is 2.30. The smallest absolute Gasteiger partial charge is 0.0592 e. The molecule has 2 rings (SSSR count). The highest BCUT2D eigenvalue weighted by atomic mass is 79.9. The van der Waals surface area contributed by atoms with Gasteiger partial charge >= 0.3 is 0 Å². The fraction of sp³-hybridized carbons (Fsp3) is 0.500. The topological polar surface area (TPSA) is 16.1 Å². The molecular formula is C10H13BrN2S. The molecule has 2 heterocycles. The summed E-state index contributed by atoms with van der Waals surface area (Å²) in [5, 5.41) is 0. The first-order valence-corrected chi connectivity index (χ1v) is 6.64. The normalized spacial score (nSPS) is 21.1. The molecule has 0 radical (unpaired) electrons. The number of halogens is 1. The number of aromatic nitrogens is 1. The van der Waals surface area contributed by atoms with Gasteiger partial charge in [0.2, 0.25) is 0 Å². The molecule has 0 bridgehead atoms. The highest BCUT2D eigenvalue weighted by molar-refractivity contribution is 9.10. The lowest BCUT2D eigenvalue weighted by molar-refractivity contribution is 0.698. The number of hydrogen-bond donors (Lipinski definition) is 0. The number of pyridine rings is 1. The standard InChI is InChI=1S/C10H13BrN2S/c1-13(8-3-5-14-7-8)10-2-4-12-6-9(10)11/h2,4,6,8H,3,5,7H2,1H3. The van der Waals surface area contributed by atoms with Gasteiger partial charge in [0, 0.05) is 31.2 Å². The van der Waals surface area contributed by atoms with Crippen molar-refractivity contribution in [2.45, 2.75) is 12.5 Å². The summed E-state index contributed by atoms with van der Waals surface area (Å²) in [4.78, 5) is 6.43. The Hall–Kier alpha value is -0.220. The minimum Gasteiger partial charge on any atom is -0.370 e. The molecule has 1 aromatic rings. The second-order valence-electron chi connectivity index (χ2n) is 3.46. The van der Waals surface area contributed by atoms with Gasteiger partial charge in [-0.15, -0.1) is 0 Å². The average Bonchev–Trinajstić information content (AvgIpc) is 2.70. The van der Waals surface area contributed by atoms with E-state index in [4.69, 9.17) is 0 Å². The van der Waals surface area contributed by atoms with Gasteiger partial charge in [0.15, 0.2) is 0 Å². The Morgan fingerprint density at radius 3 is 3.14 bits per heavy atom. The van der Waals surface area contributed by atoms with Gasteiger partial charge in [0.05, 0.1) is 10.2 Å². The molecule has 1 atom stereocenters. The Labute approximate surface area is 97.2 Å². The maximum Gasteiger partial charge on any atom is 0.0592 e. The van der Waals surface area contributed by atoms with Crippen LogP contribution in [0.15, 0.2) is 22.9 Å². The summed E-state index contributed by atoms with van der Waals surface area (Å²) in [7, 11) is 2.16. The molecule has 1 aliphatic heterocycles. The highest BCUT2D eigenvalue weighted by Gasteiger charge is 2.21. The van der Waals surface area contributed by atoms with Crippen molar-refractivity contribution in [1.29, 1.82) is 0 Å². The quantitative estimate of drug-likeness (QED) is 0.824. The van der Waals surface area contributed by atoms with Crippen molar-refractivity contribution in [3.05, 3.63) is 22.9 Å². The Morgan fingerprint density at radius 1 is 1.64 bits per heavy atom. The van der Waals surface area contributed by atoms with Crippen molar-refractivity contribution in [1.82, 2.24) is 4.98 Å². The zero-order valence-corrected chi connectivity index (χ0v) is 10.5. The summed E-state index contributed by atoms with van der Waals surface area (Å²) in [6.07, 6.45) is 4.99. The van der Waals surface area contributed by atoms with Crippen LogP contribution in [-0.4, -0.2) is 29.6 Å². The molecule has 1 aromatic heterocycles. The molecule has 1 fully saturated rings. The predicted octanol–water partition coefficient (Wildman–Crippen LogP) is 2.79. The van der Waals surface area contributed by atoms with Crippen LogP contribution in [-0.2, 0) is 0 Å². The second kappa shape index (κ2) is 4.53. The van der Waals surface area contributed by atoms with E-state index in [0.717, 1.165) is 4.47 Å². The SMILES string of the molecule is CN(c1ccncc1Br)C1CCSC1. The Balaban J connectivity index is 2.17. The summed E-state index contributed by atoms with van der Waals surface area (Å²) in [6, 6.07) is 2.74. The number of hydrogen-bond acceptors (Lipinski definition) is 3. The molecule has 1 aliphatic rings. The van der Waals surface area contributed by atoms with Crippen molar-refractivity contribution >= 4 is 33.4 Å². The first-order valence-electron chi connectivity index (χ1n) is 4.69. The third kappa shape index (κ3) is 2.06. The molecule has 0 amide bonds. The van der Waals surface area contributed by atoms with Gasteiger partial charge in [-0.2, -0.15) is 11.8 Å². The van der Waals surface area contributed by atoms with Crippen LogP contribution in [0.1, 0.15) is 6.42 Å². The fourth-order valence-corrected chi connectivity index (χ4v) is 3.48. The van der Waals surface area contributed by atoms with E-state index in [1.165, 1.54) is 23.6 Å². The average molecular weight is 273 g/mol. The largest absolute Gasteiger partial charge is 0.370 e. The van der Waals surface area contributed by atoms with E-state index in [1.54, 1.807) is 0 Å². The molecule has 1 saturated heterocycles. The Morgan fingerprint density at radius 2 is 2.50 bits per heavy atom. The van der Waals surface area contributed by atoms with Gasteiger partial charge in [0.1, 0.15) is 0 Å². The van der Waals surface area contributed by atoms with Gasteiger partial charge in [-0.1, -0.05) is 0 Å². The van der Waals surface area contributed by atoms with E-state index in [0.29, 0.717) is 6.04 Å². The van der Waals surface area contributed by atoms with Crippen molar-refractivity contribution in [3.63, 3.8) is 0 Å². The monoisotopic (exact) mass is 272 g/mol. The number of rotatable bonds is 2. The lowest BCUT2D eigenvalue weighted by Crippen LogP contribution is -2.31. The minimum atomic E-state index is 0.679. The van der Waals surface area contributed by atoms with Crippen LogP contribution in [0.25, 0.3) is 0 Å². The van der Waals surface area contributed by atoms with Gasteiger partial charge in [-0.3, -0.25) is 4.98 Å². The Bertz CT molecular complexity index is 313. The first-order chi connectivity index (χ1) is 6.79. The predicted molar refractivity (Wildman–Crippen MR) is 66.1 cm³/mol. The van der Waals surface area contributed by atoms with E-state index in [-0.39, 0.29) is 0 Å². The second-order valence-corrected chi connectivity index (χ2v) is 5.46. The van der Waals surface area contributed by atoms with Crippen molar-refractivity contribution in [3.8, 4) is 0 Å². The summed E-state index contributed by atoms with van der Waals surface area (Å²) in [5.74, 6) is 2.53. The molecule has 0 spiro atoms. The molecule has 0 aliphatic carbocycles. The van der Waals surface area contributed by atoms with Crippen LogP contribution in [0.2, 0.25) is 0 Å². The summed E-state index contributed by atoms with van der Waals surface area (Å²) in [5.41, 5.74) is 1.24. The van der Waals surface area contributed by atoms with E-state index in [2.05, 4.69) is 38.9 Å². The molecule has 1 unspecified atom stereocenters. The molecule has 76 valence electrons. The zero-order valence-electron chi connectivity index (χ0n) is 8.11. The molecule has 4 heteroatoms. The number of thioether (sulfide) groups is 1. The third-order valence-corrected chi connectivity index (χ3v) is 4.34. The van der Waals surface area contributed by atoms with E-state index in [1.807, 2.05) is 24.2 Å². The maximum atomic E-state index is 4.08. The van der Waals surface area contributed by atoms with E-state index >= 15 is 0 Å². The van der Waals surface area contributed by atoms with Crippen LogP contribution >= 0.6 is 27.7 Å². The molecule has 2 nitrogen and oxygen atoms in total. The van der Waals surface area contributed by atoms with E-state index in [9.17, 15) is 0 Å². The zero-order chi connectivity index (χ0) is 9.97. The van der Waals surface area contributed by atoms with Gasteiger partial charge in [-0.05, 0) is 34.2 Å². The molecule has 14 heavy (non-hydrogen) atoms. The van der Waals surface area contributed by atoms with Gasteiger partial charge in [0.25, 0.3) is 0 Å². The molecular weight excluding hydrogens is 260 g/mol. The molecule has 0 saturated carbocycles. The first kappa shape index (κ1) is 10.3. The van der Waals surface area contributed by atoms with Gasteiger partial charge in [-0.25, -0.2) is 0 Å². The summed E-state index contributed by atoms with van der Waals surface area (Å²) >= 11 is 5.57. The van der Waals surface area contributed by atoms with Crippen molar-refractivity contribution in [2.75, 3.05) is 23.5 Å². The lowest BCUT2D eigenvalue weighted by Gasteiger charge is -2.26. The minimum absolute atomic E-state index is 0.679. The van der Waals surface area contributed by atoms with Crippen LogP contribution in [0, 0.1) is 0 Å². The Kier molecular flexibility index (Phi) is 3.34.